The number of aromatic nitrogens is 1. The maximum atomic E-state index is 12.6. The molecule has 1 aromatic rings. The summed E-state index contributed by atoms with van der Waals surface area (Å²) in [5.41, 5.74) is 1.43. The van der Waals surface area contributed by atoms with Crippen LogP contribution in [0.15, 0.2) is 18.3 Å². The fourth-order valence-corrected chi connectivity index (χ4v) is 1.53. The molecule has 1 N–H and O–H groups in total. The second-order valence-electron chi connectivity index (χ2n) is 5.51. The van der Waals surface area contributed by atoms with E-state index in [2.05, 4.69) is 31.1 Å². The Hall–Kier alpha value is -1.45. The number of hydrogen-bond acceptors (Lipinski definition) is 2. The molecule has 3 nitrogen and oxygen atoms in total. The summed E-state index contributed by atoms with van der Waals surface area (Å²) in [5, 5.41) is 2.60. The zero-order chi connectivity index (χ0) is 12.6. The zero-order valence-corrected chi connectivity index (χ0v) is 10.3. The van der Waals surface area contributed by atoms with Crippen LogP contribution < -0.4 is 5.32 Å². The molecule has 1 aromatic heterocycles. The van der Waals surface area contributed by atoms with Gasteiger partial charge in [-0.05, 0) is 17.0 Å². The van der Waals surface area contributed by atoms with Gasteiger partial charge in [-0.3, -0.25) is 9.78 Å². The second-order valence-corrected chi connectivity index (χ2v) is 5.51. The summed E-state index contributed by atoms with van der Waals surface area (Å²) >= 11 is 0. The summed E-state index contributed by atoms with van der Waals surface area (Å²) in [6, 6.07) is 3.26. The van der Waals surface area contributed by atoms with E-state index in [-0.39, 0.29) is 17.4 Å². The first-order valence-electron chi connectivity index (χ1n) is 5.79. The topological polar surface area (TPSA) is 42.0 Å². The minimum absolute atomic E-state index is 0.0164. The molecule has 0 saturated heterocycles. The molecular formula is C13H17FN2O. The van der Waals surface area contributed by atoms with Crippen molar-refractivity contribution in [1.29, 1.82) is 0 Å². The molecule has 1 fully saturated rings. The third-order valence-corrected chi connectivity index (χ3v) is 2.89. The molecule has 2 atom stereocenters. The van der Waals surface area contributed by atoms with E-state index in [1.165, 1.54) is 0 Å². The Bertz CT molecular complexity index is 422. The van der Waals surface area contributed by atoms with E-state index in [9.17, 15) is 9.18 Å². The Balaban J connectivity index is 2.04. The smallest absolute Gasteiger partial charge is 0.270 e. The first kappa shape index (κ1) is 12.0. The molecule has 92 valence electrons. The average molecular weight is 236 g/mol. The number of nitrogens with zero attached hydrogens (tertiary/aromatic N) is 1. The molecule has 0 radical (unpaired) electrons. The minimum Gasteiger partial charge on any atom is -0.345 e. The molecule has 1 aliphatic carbocycles. The Labute approximate surface area is 100 Å². The van der Waals surface area contributed by atoms with Crippen LogP contribution in [0.5, 0.6) is 0 Å². The van der Waals surface area contributed by atoms with Gasteiger partial charge in [0.05, 0.1) is 6.04 Å². The number of amides is 1. The van der Waals surface area contributed by atoms with Gasteiger partial charge in [-0.2, -0.15) is 0 Å². The van der Waals surface area contributed by atoms with E-state index >= 15 is 0 Å². The average Bonchev–Trinajstić information content (AvgIpc) is 2.93. The Morgan fingerprint density at radius 3 is 2.53 bits per heavy atom. The molecule has 4 heteroatoms. The second kappa shape index (κ2) is 4.09. The largest absolute Gasteiger partial charge is 0.345 e. The third kappa shape index (κ3) is 2.81. The van der Waals surface area contributed by atoms with Gasteiger partial charge in [0.2, 0.25) is 0 Å². The zero-order valence-electron chi connectivity index (χ0n) is 10.3. The number of hydrogen-bond donors (Lipinski definition) is 1. The van der Waals surface area contributed by atoms with Crippen LogP contribution >= 0.6 is 0 Å². The van der Waals surface area contributed by atoms with Crippen molar-refractivity contribution < 1.29 is 9.18 Å². The van der Waals surface area contributed by atoms with Crippen molar-refractivity contribution in [2.75, 3.05) is 0 Å². The van der Waals surface area contributed by atoms with E-state index < -0.39 is 6.17 Å². The quantitative estimate of drug-likeness (QED) is 0.855. The minimum atomic E-state index is -0.882. The van der Waals surface area contributed by atoms with E-state index in [0.29, 0.717) is 12.1 Å². The summed E-state index contributed by atoms with van der Waals surface area (Å²) in [6.45, 7) is 6.25. The molecular weight excluding hydrogens is 219 g/mol. The molecule has 0 unspecified atom stereocenters. The Morgan fingerprint density at radius 1 is 1.47 bits per heavy atom. The monoisotopic (exact) mass is 236 g/mol. The van der Waals surface area contributed by atoms with Crippen LogP contribution in [-0.2, 0) is 5.41 Å². The van der Waals surface area contributed by atoms with Crippen molar-refractivity contribution in [3.05, 3.63) is 29.6 Å². The normalized spacial score (nSPS) is 23.3. The fraction of sp³-hybridized carbons (Fsp3) is 0.538. The lowest BCUT2D eigenvalue weighted by atomic mass is 9.88. The molecule has 1 aliphatic rings. The predicted octanol–water partition coefficient (Wildman–Crippen LogP) is 2.22. The van der Waals surface area contributed by atoms with E-state index in [1.54, 1.807) is 12.3 Å². The van der Waals surface area contributed by atoms with Crippen molar-refractivity contribution in [2.45, 2.75) is 44.8 Å². The first-order chi connectivity index (χ1) is 7.88. The lowest BCUT2D eigenvalue weighted by Gasteiger charge is -2.18. The van der Waals surface area contributed by atoms with Crippen molar-refractivity contribution in [2.24, 2.45) is 0 Å². The molecule has 0 aromatic carbocycles. The summed E-state index contributed by atoms with van der Waals surface area (Å²) in [5.74, 6) is -0.296. The van der Waals surface area contributed by atoms with Gasteiger partial charge in [0, 0.05) is 12.6 Å². The molecule has 1 amide bonds. The number of alkyl halides is 1. The van der Waals surface area contributed by atoms with E-state index in [1.807, 2.05) is 6.07 Å². The number of pyridine rings is 1. The summed E-state index contributed by atoms with van der Waals surface area (Å²) in [4.78, 5) is 15.8. The van der Waals surface area contributed by atoms with Crippen molar-refractivity contribution in [3.63, 3.8) is 0 Å². The van der Waals surface area contributed by atoms with Gasteiger partial charge in [0.1, 0.15) is 11.9 Å². The summed E-state index contributed by atoms with van der Waals surface area (Å²) in [6.07, 6.45) is 1.24. The van der Waals surface area contributed by atoms with Crippen LogP contribution in [0.1, 0.15) is 43.2 Å². The number of rotatable bonds is 2. The van der Waals surface area contributed by atoms with Gasteiger partial charge in [-0.25, -0.2) is 4.39 Å². The van der Waals surface area contributed by atoms with Gasteiger partial charge >= 0.3 is 0 Å². The lowest BCUT2D eigenvalue weighted by molar-refractivity contribution is 0.0942. The number of carbonyl (C=O) groups is 1. The van der Waals surface area contributed by atoms with Crippen LogP contribution in [0.3, 0.4) is 0 Å². The lowest BCUT2D eigenvalue weighted by Crippen LogP contribution is -2.28. The highest BCUT2D eigenvalue weighted by Gasteiger charge is 2.38. The van der Waals surface area contributed by atoms with Crippen molar-refractivity contribution in [3.8, 4) is 0 Å². The summed E-state index contributed by atoms with van der Waals surface area (Å²) < 4.78 is 12.6. The maximum Gasteiger partial charge on any atom is 0.270 e. The van der Waals surface area contributed by atoms with Gasteiger partial charge in [0.15, 0.2) is 0 Å². The van der Waals surface area contributed by atoms with Crippen LogP contribution in [0.25, 0.3) is 0 Å². The van der Waals surface area contributed by atoms with Crippen LogP contribution in [0.4, 0.5) is 4.39 Å². The van der Waals surface area contributed by atoms with Crippen LogP contribution in [0, 0.1) is 0 Å². The highest BCUT2D eigenvalue weighted by atomic mass is 19.1. The maximum absolute atomic E-state index is 12.6. The van der Waals surface area contributed by atoms with Gasteiger partial charge in [-0.1, -0.05) is 26.8 Å². The van der Waals surface area contributed by atoms with Crippen LogP contribution in [0.2, 0.25) is 0 Å². The Morgan fingerprint density at radius 2 is 2.12 bits per heavy atom. The third-order valence-electron chi connectivity index (χ3n) is 2.89. The van der Waals surface area contributed by atoms with Crippen molar-refractivity contribution in [1.82, 2.24) is 10.3 Å². The molecule has 0 bridgehead atoms. The standard InChI is InChI=1S/C13H17FN2O/c1-13(2,3)8-4-5-10(15-7-8)12(17)16-11-6-9(11)14/h4-5,7,9,11H,6H2,1-3H3,(H,16,17)/t9-,11+/m0/s1. The van der Waals surface area contributed by atoms with Gasteiger partial charge in [0.25, 0.3) is 5.91 Å². The highest BCUT2D eigenvalue weighted by molar-refractivity contribution is 5.92. The highest BCUT2D eigenvalue weighted by Crippen LogP contribution is 2.25. The predicted molar refractivity (Wildman–Crippen MR) is 63.7 cm³/mol. The number of carbonyl (C=O) groups excluding carboxylic acids is 1. The Kier molecular flexibility index (Phi) is 2.89. The van der Waals surface area contributed by atoms with E-state index in [4.69, 9.17) is 0 Å². The molecule has 17 heavy (non-hydrogen) atoms. The molecule has 1 heterocycles. The van der Waals surface area contributed by atoms with Gasteiger partial charge in [-0.15, -0.1) is 0 Å². The van der Waals surface area contributed by atoms with Crippen molar-refractivity contribution >= 4 is 5.91 Å². The first-order valence-corrected chi connectivity index (χ1v) is 5.79. The molecule has 2 rings (SSSR count). The SMILES string of the molecule is CC(C)(C)c1ccc(C(=O)N[C@@H]2C[C@@H]2F)nc1. The molecule has 1 saturated carbocycles. The van der Waals surface area contributed by atoms with E-state index in [0.717, 1.165) is 5.56 Å². The molecule has 0 spiro atoms. The molecule has 0 aliphatic heterocycles. The number of nitrogens with one attached hydrogen (secondary N) is 1. The fourth-order valence-electron chi connectivity index (χ4n) is 1.53. The van der Waals surface area contributed by atoms with Crippen LogP contribution in [-0.4, -0.2) is 23.1 Å². The van der Waals surface area contributed by atoms with Gasteiger partial charge < -0.3 is 5.32 Å². The number of halogens is 1. The summed E-state index contributed by atoms with van der Waals surface area (Å²) in [7, 11) is 0.